The Kier molecular flexibility index (Phi) is 5.42. The molecule has 3 N–H and O–H groups in total. The van der Waals surface area contributed by atoms with Gasteiger partial charge in [-0.3, -0.25) is 9.59 Å². The average Bonchev–Trinajstić information content (AvgIpc) is 2.37. The van der Waals surface area contributed by atoms with Crippen molar-refractivity contribution in [1.29, 1.82) is 0 Å². The number of rotatable bonds is 4. The Morgan fingerprint density at radius 3 is 2.72 bits per heavy atom. The van der Waals surface area contributed by atoms with E-state index in [2.05, 4.69) is 22.5 Å². The summed E-state index contributed by atoms with van der Waals surface area (Å²) in [7, 11) is 1.78. The average molecular weight is 246 g/mol. The summed E-state index contributed by atoms with van der Waals surface area (Å²) in [4.78, 5) is 22.1. The molecule has 94 valence electrons. The first kappa shape index (κ1) is 13.7. The van der Waals surface area contributed by atoms with E-state index in [0.29, 0.717) is 17.7 Å². The maximum atomic E-state index is 11.7. The Balaban J connectivity index is 2.85. The molecular formula is C13H14N2O3. The van der Waals surface area contributed by atoms with Gasteiger partial charge in [0.2, 0.25) is 0 Å². The third kappa shape index (κ3) is 4.28. The number of carboxylic acids is 1. The maximum Gasteiger partial charge on any atom is 0.322 e. The predicted molar refractivity (Wildman–Crippen MR) is 67.2 cm³/mol. The number of nitrogens with one attached hydrogen (secondary N) is 2. The molecule has 0 spiro atoms. The minimum atomic E-state index is -1.08. The second-order valence-corrected chi connectivity index (χ2v) is 3.45. The quantitative estimate of drug-likeness (QED) is 0.657. The molecule has 0 aromatic heterocycles. The van der Waals surface area contributed by atoms with Crippen molar-refractivity contribution in [2.45, 2.75) is 0 Å². The first-order valence-corrected chi connectivity index (χ1v) is 5.37. The van der Waals surface area contributed by atoms with Gasteiger partial charge in [-0.15, -0.1) is 0 Å². The summed E-state index contributed by atoms with van der Waals surface area (Å²) in [5.74, 6) is 4.20. The molecule has 0 heterocycles. The lowest BCUT2D eigenvalue weighted by Crippen LogP contribution is -2.29. The second-order valence-electron chi connectivity index (χ2n) is 3.45. The van der Waals surface area contributed by atoms with E-state index >= 15 is 0 Å². The van der Waals surface area contributed by atoms with Gasteiger partial charge >= 0.3 is 5.97 Å². The van der Waals surface area contributed by atoms with E-state index in [1.54, 1.807) is 31.3 Å². The molecule has 1 amide bonds. The van der Waals surface area contributed by atoms with E-state index in [4.69, 9.17) is 5.11 Å². The molecule has 0 bridgehead atoms. The van der Waals surface area contributed by atoms with Crippen LogP contribution in [-0.4, -0.2) is 37.1 Å². The van der Waals surface area contributed by atoms with Crippen LogP contribution in [0.25, 0.3) is 0 Å². The number of carbonyl (C=O) groups is 2. The predicted octanol–water partition coefficient (Wildman–Crippen LogP) is 0.0719. The highest BCUT2D eigenvalue weighted by molar-refractivity contribution is 5.98. The van der Waals surface area contributed by atoms with Crippen molar-refractivity contribution in [3.8, 4) is 11.8 Å². The molecule has 0 fully saturated rings. The molecule has 0 unspecified atom stereocenters. The van der Waals surface area contributed by atoms with E-state index in [1.807, 2.05) is 0 Å². The number of hydrogen-bond donors (Lipinski definition) is 3. The van der Waals surface area contributed by atoms with Gasteiger partial charge in [-0.1, -0.05) is 24.0 Å². The summed E-state index contributed by atoms with van der Waals surface area (Å²) < 4.78 is 0. The number of aliphatic carboxylic acids is 1. The van der Waals surface area contributed by atoms with Crippen molar-refractivity contribution in [3.05, 3.63) is 35.4 Å². The number of benzene rings is 1. The molecule has 0 aliphatic heterocycles. The lowest BCUT2D eigenvalue weighted by Gasteiger charge is -2.04. The molecule has 0 saturated carbocycles. The van der Waals surface area contributed by atoms with Crippen LogP contribution in [0.15, 0.2) is 24.3 Å². The van der Waals surface area contributed by atoms with Gasteiger partial charge in [0.1, 0.15) is 6.54 Å². The van der Waals surface area contributed by atoms with Gasteiger partial charge in [-0.25, -0.2) is 0 Å². The highest BCUT2D eigenvalue weighted by atomic mass is 16.4. The summed E-state index contributed by atoms with van der Waals surface area (Å²) >= 11 is 0. The van der Waals surface area contributed by atoms with Crippen molar-refractivity contribution in [2.24, 2.45) is 0 Å². The lowest BCUT2D eigenvalue weighted by atomic mass is 10.1. The molecule has 0 aliphatic rings. The van der Waals surface area contributed by atoms with Crippen LogP contribution < -0.4 is 10.6 Å². The first-order chi connectivity index (χ1) is 8.65. The zero-order chi connectivity index (χ0) is 13.4. The summed E-state index contributed by atoms with van der Waals surface area (Å²) in [5, 5.41) is 13.7. The summed E-state index contributed by atoms with van der Waals surface area (Å²) in [5.41, 5.74) is 0.956. The highest BCUT2D eigenvalue weighted by Gasteiger charge is 2.10. The van der Waals surface area contributed by atoms with E-state index in [9.17, 15) is 9.59 Å². The fourth-order valence-electron chi connectivity index (χ4n) is 1.27. The smallest absolute Gasteiger partial charge is 0.322 e. The largest absolute Gasteiger partial charge is 0.480 e. The van der Waals surface area contributed by atoms with Crippen LogP contribution in [0.3, 0.4) is 0 Å². The molecule has 18 heavy (non-hydrogen) atoms. The van der Waals surface area contributed by atoms with Crippen molar-refractivity contribution in [3.63, 3.8) is 0 Å². The Morgan fingerprint density at radius 2 is 2.06 bits per heavy atom. The molecule has 0 aliphatic carbocycles. The van der Waals surface area contributed by atoms with Gasteiger partial charge in [0.15, 0.2) is 0 Å². The van der Waals surface area contributed by atoms with Crippen molar-refractivity contribution in [2.75, 3.05) is 20.1 Å². The normalized spacial score (nSPS) is 9.17. The van der Waals surface area contributed by atoms with Crippen molar-refractivity contribution in [1.82, 2.24) is 10.6 Å². The van der Waals surface area contributed by atoms with Crippen LogP contribution >= 0.6 is 0 Å². The van der Waals surface area contributed by atoms with E-state index in [0.717, 1.165) is 0 Å². The van der Waals surface area contributed by atoms with E-state index in [-0.39, 0.29) is 0 Å². The Labute approximate surface area is 105 Å². The van der Waals surface area contributed by atoms with Gasteiger partial charge in [0, 0.05) is 5.56 Å². The fraction of sp³-hybridized carbons (Fsp3) is 0.231. The van der Waals surface area contributed by atoms with E-state index < -0.39 is 18.4 Å². The summed E-state index contributed by atoms with van der Waals surface area (Å²) in [6.07, 6.45) is 0. The number of carboxylic acid groups (broad SMARTS) is 1. The standard InChI is InChI=1S/C13H14N2O3/c1-14-8-4-6-10-5-2-3-7-11(10)13(18)15-9-12(16)17/h2-3,5,7,14H,8-9H2,1H3,(H,15,18)(H,16,17). The molecule has 5 nitrogen and oxygen atoms in total. The van der Waals surface area contributed by atoms with Crippen LogP contribution in [0.4, 0.5) is 0 Å². The molecule has 0 atom stereocenters. The Morgan fingerprint density at radius 1 is 1.33 bits per heavy atom. The van der Waals surface area contributed by atoms with Crippen LogP contribution in [0, 0.1) is 11.8 Å². The maximum absolute atomic E-state index is 11.7. The first-order valence-electron chi connectivity index (χ1n) is 5.37. The number of hydrogen-bond acceptors (Lipinski definition) is 3. The SMILES string of the molecule is CNCC#Cc1ccccc1C(=O)NCC(=O)O. The monoisotopic (exact) mass is 246 g/mol. The topological polar surface area (TPSA) is 78.4 Å². The van der Waals surface area contributed by atoms with E-state index in [1.165, 1.54) is 0 Å². The second kappa shape index (κ2) is 7.09. The Hall–Kier alpha value is -2.32. The van der Waals surface area contributed by atoms with Gasteiger partial charge < -0.3 is 15.7 Å². The molecule has 1 aromatic carbocycles. The van der Waals surface area contributed by atoms with Gasteiger partial charge in [-0.2, -0.15) is 0 Å². The minimum absolute atomic E-state index is 0.377. The lowest BCUT2D eigenvalue weighted by molar-refractivity contribution is -0.135. The zero-order valence-electron chi connectivity index (χ0n) is 9.99. The third-order valence-electron chi connectivity index (χ3n) is 2.06. The third-order valence-corrected chi connectivity index (χ3v) is 2.06. The van der Waals surface area contributed by atoms with Gasteiger partial charge in [0.25, 0.3) is 5.91 Å². The zero-order valence-corrected chi connectivity index (χ0v) is 9.99. The van der Waals surface area contributed by atoms with Gasteiger partial charge in [-0.05, 0) is 19.2 Å². The fourth-order valence-corrected chi connectivity index (χ4v) is 1.27. The van der Waals surface area contributed by atoms with Crippen molar-refractivity contribution < 1.29 is 14.7 Å². The van der Waals surface area contributed by atoms with Gasteiger partial charge in [0.05, 0.1) is 12.1 Å². The van der Waals surface area contributed by atoms with Crippen molar-refractivity contribution >= 4 is 11.9 Å². The molecule has 1 aromatic rings. The molecular weight excluding hydrogens is 232 g/mol. The van der Waals surface area contributed by atoms with Crippen LogP contribution in [0.5, 0.6) is 0 Å². The van der Waals surface area contributed by atoms with Crippen LogP contribution in [-0.2, 0) is 4.79 Å². The minimum Gasteiger partial charge on any atom is -0.480 e. The molecule has 5 heteroatoms. The molecule has 1 rings (SSSR count). The van der Waals surface area contributed by atoms with Crippen LogP contribution in [0.1, 0.15) is 15.9 Å². The highest BCUT2D eigenvalue weighted by Crippen LogP contribution is 2.06. The summed E-state index contributed by atoms with van der Waals surface area (Å²) in [6, 6.07) is 6.81. The summed E-state index contributed by atoms with van der Waals surface area (Å²) in [6.45, 7) is 0.113. The number of amides is 1. The Bertz CT molecular complexity index is 500. The number of carbonyl (C=O) groups excluding carboxylic acids is 1. The molecule has 0 saturated heterocycles. The van der Waals surface area contributed by atoms with Crippen LogP contribution in [0.2, 0.25) is 0 Å². The molecule has 0 radical (unpaired) electrons.